The Hall–Kier alpha value is -0.590. The Bertz CT molecular complexity index is 483. The number of hydrogen-bond acceptors (Lipinski definition) is 4. The van der Waals surface area contributed by atoms with Crippen LogP contribution >= 0.6 is 11.8 Å². The second-order valence-corrected chi connectivity index (χ2v) is 7.24. The van der Waals surface area contributed by atoms with Crippen LogP contribution < -0.4 is 0 Å². The molecular weight excluding hydrogens is 263 g/mol. The van der Waals surface area contributed by atoms with Crippen molar-refractivity contribution in [3.63, 3.8) is 0 Å². The molecule has 96 valence electrons. The molecule has 1 aromatic rings. The van der Waals surface area contributed by atoms with E-state index in [9.17, 15) is 17.9 Å². The van der Waals surface area contributed by atoms with Crippen LogP contribution in [0.3, 0.4) is 0 Å². The largest absolute Gasteiger partial charge is 0.389 e. The molecule has 3 nitrogen and oxygen atoms in total. The van der Waals surface area contributed by atoms with Crippen LogP contribution in [0.1, 0.15) is 18.6 Å². The molecule has 0 unspecified atom stereocenters. The molecule has 1 N–H and O–H groups in total. The van der Waals surface area contributed by atoms with Crippen molar-refractivity contribution in [3.05, 3.63) is 29.6 Å². The number of thioether (sulfide) groups is 1. The van der Waals surface area contributed by atoms with Gasteiger partial charge in [0.05, 0.1) is 11.9 Å². The molecule has 0 fully saturated rings. The van der Waals surface area contributed by atoms with E-state index in [0.29, 0.717) is 16.2 Å². The molecule has 6 heteroatoms. The number of aliphatic hydroxyl groups excluding tert-OH is 1. The van der Waals surface area contributed by atoms with Crippen LogP contribution in [-0.2, 0) is 9.84 Å². The van der Waals surface area contributed by atoms with Gasteiger partial charge < -0.3 is 5.11 Å². The zero-order valence-electron chi connectivity index (χ0n) is 9.68. The van der Waals surface area contributed by atoms with Crippen LogP contribution in [-0.4, -0.2) is 31.3 Å². The molecule has 0 aliphatic rings. The molecule has 0 aliphatic heterocycles. The fourth-order valence-electron chi connectivity index (χ4n) is 1.20. The van der Waals surface area contributed by atoms with Gasteiger partial charge in [0.2, 0.25) is 0 Å². The van der Waals surface area contributed by atoms with Crippen molar-refractivity contribution in [1.82, 2.24) is 0 Å². The Labute approximate surface area is 105 Å². The van der Waals surface area contributed by atoms with Gasteiger partial charge in [0.1, 0.15) is 15.7 Å². The van der Waals surface area contributed by atoms with E-state index in [0.717, 1.165) is 18.0 Å². The zero-order chi connectivity index (χ0) is 13.1. The first-order valence-electron chi connectivity index (χ1n) is 5.07. The van der Waals surface area contributed by atoms with Crippen molar-refractivity contribution < 1.29 is 17.9 Å². The number of hydrogen-bond donors (Lipinski definition) is 1. The van der Waals surface area contributed by atoms with Crippen LogP contribution in [0.25, 0.3) is 0 Å². The predicted molar refractivity (Wildman–Crippen MR) is 67.5 cm³/mol. The van der Waals surface area contributed by atoms with Crippen LogP contribution in [0.4, 0.5) is 4.39 Å². The highest BCUT2D eigenvalue weighted by Crippen LogP contribution is 2.24. The van der Waals surface area contributed by atoms with Crippen molar-refractivity contribution in [3.8, 4) is 0 Å². The summed E-state index contributed by atoms with van der Waals surface area (Å²) >= 11 is 1.16. The minimum absolute atomic E-state index is 0.0231. The minimum atomic E-state index is -3.01. The van der Waals surface area contributed by atoms with E-state index >= 15 is 0 Å². The lowest BCUT2D eigenvalue weighted by atomic mass is 10.1. The molecule has 0 saturated carbocycles. The SMILES string of the molecule is C[C@@H](O)c1ccc(SCCS(C)(=O)=O)c(F)c1. The quantitative estimate of drug-likeness (QED) is 0.837. The van der Waals surface area contributed by atoms with Gasteiger partial charge in [0, 0.05) is 16.9 Å². The average Bonchev–Trinajstić information content (AvgIpc) is 2.18. The molecule has 0 amide bonds. The number of benzene rings is 1. The maximum Gasteiger partial charge on any atom is 0.148 e. The third-order valence-electron chi connectivity index (χ3n) is 2.15. The normalized spacial score (nSPS) is 13.6. The third kappa shape index (κ3) is 5.06. The number of rotatable bonds is 5. The molecule has 0 bridgehead atoms. The van der Waals surface area contributed by atoms with E-state index in [2.05, 4.69) is 0 Å². The summed E-state index contributed by atoms with van der Waals surface area (Å²) in [6, 6.07) is 4.47. The summed E-state index contributed by atoms with van der Waals surface area (Å²) in [5.41, 5.74) is 0.509. The van der Waals surface area contributed by atoms with Crippen molar-refractivity contribution >= 4 is 21.6 Å². The lowest BCUT2D eigenvalue weighted by molar-refractivity contribution is 0.198. The Morgan fingerprint density at radius 3 is 2.59 bits per heavy atom. The molecule has 0 spiro atoms. The van der Waals surface area contributed by atoms with Crippen molar-refractivity contribution in [2.45, 2.75) is 17.9 Å². The van der Waals surface area contributed by atoms with Gasteiger partial charge in [-0.3, -0.25) is 0 Å². The Kier molecular flexibility index (Phi) is 4.97. The van der Waals surface area contributed by atoms with Gasteiger partial charge in [-0.15, -0.1) is 11.8 Å². The highest BCUT2D eigenvalue weighted by Gasteiger charge is 2.09. The van der Waals surface area contributed by atoms with Crippen molar-refractivity contribution in [2.75, 3.05) is 17.8 Å². The fraction of sp³-hybridized carbons (Fsp3) is 0.455. The highest BCUT2D eigenvalue weighted by atomic mass is 32.2. The molecular formula is C11H15FO3S2. The molecule has 1 atom stereocenters. The van der Waals surface area contributed by atoms with E-state index < -0.39 is 21.8 Å². The Balaban J connectivity index is 2.67. The van der Waals surface area contributed by atoms with E-state index in [1.54, 1.807) is 19.1 Å². The Morgan fingerprint density at radius 1 is 1.47 bits per heavy atom. The standard InChI is InChI=1S/C11H15FO3S2/c1-8(13)9-3-4-11(10(12)7-9)16-5-6-17(2,14)15/h3-4,7-8,13H,5-6H2,1-2H3/t8-/m1/s1. The van der Waals surface area contributed by atoms with Crippen molar-refractivity contribution in [1.29, 1.82) is 0 Å². The lowest BCUT2D eigenvalue weighted by Gasteiger charge is -2.07. The topological polar surface area (TPSA) is 54.4 Å². The lowest BCUT2D eigenvalue weighted by Crippen LogP contribution is -2.05. The van der Waals surface area contributed by atoms with Gasteiger partial charge in [-0.2, -0.15) is 0 Å². The summed E-state index contributed by atoms with van der Waals surface area (Å²) < 4.78 is 35.4. The van der Waals surface area contributed by atoms with Gasteiger partial charge in [-0.1, -0.05) is 6.07 Å². The summed E-state index contributed by atoms with van der Waals surface area (Å²) in [5.74, 6) is -0.0825. The Morgan fingerprint density at radius 2 is 2.12 bits per heavy atom. The summed E-state index contributed by atoms with van der Waals surface area (Å²) in [6.07, 6.45) is 0.444. The van der Waals surface area contributed by atoms with Gasteiger partial charge in [-0.25, -0.2) is 12.8 Å². The smallest absolute Gasteiger partial charge is 0.148 e. The molecule has 0 saturated heterocycles. The summed E-state index contributed by atoms with van der Waals surface area (Å²) in [7, 11) is -3.01. The summed E-state index contributed by atoms with van der Waals surface area (Å²) in [4.78, 5) is 0.401. The predicted octanol–water partition coefficient (Wildman–Crippen LogP) is 2.02. The first-order valence-corrected chi connectivity index (χ1v) is 8.12. The molecule has 17 heavy (non-hydrogen) atoms. The van der Waals surface area contributed by atoms with Crippen molar-refractivity contribution in [2.24, 2.45) is 0 Å². The highest BCUT2D eigenvalue weighted by molar-refractivity contribution is 8.00. The second-order valence-electron chi connectivity index (χ2n) is 3.84. The average molecular weight is 278 g/mol. The van der Waals surface area contributed by atoms with Crippen LogP contribution in [0.2, 0.25) is 0 Å². The van der Waals surface area contributed by atoms with E-state index in [4.69, 9.17) is 0 Å². The van der Waals surface area contributed by atoms with Crippen LogP contribution in [0, 0.1) is 5.82 Å². The fourth-order valence-corrected chi connectivity index (χ4v) is 3.32. The molecule has 1 aromatic carbocycles. The van der Waals surface area contributed by atoms with E-state index in [-0.39, 0.29) is 5.75 Å². The molecule has 1 rings (SSSR count). The van der Waals surface area contributed by atoms with Crippen LogP contribution in [0.5, 0.6) is 0 Å². The second kappa shape index (κ2) is 5.84. The summed E-state index contributed by atoms with van der Waals surface area (Å²) in [5, 5.41) is 9.27. The van der Waals surface area contributed by atoms with E-state index in [1.165, 1.54) is 6.07 Å². The molecule has 0 aliphatic carbocycles. The maximum absolute atomic E-state index is 13.5. The number of aliphatic hydroxyl groups is 1. The van der Waals surface area contributed by atoms with Gasteiger partial charge in [0.25, 0.3) is 0 Å². The van der Waals surface area contributed by atoms with Gasteiger partial charge in [-0.05, 0) is 24.6 Å². The third-order valence-corrected chi connectivity index (χ3v) is 4.40. The zero-order valence-corrected chi connectivity index (χ0v) is 11.3. The minimum Gasteiger partial charge on any atom is -0.389 e. The van der Waals surface area contributed by atoms with Gasteiger partial charge >= 0.3 is 0 Å². The van der Waals surface area contributed by atoms with E-state index in [1.807, 2.05) is 0 Å². The first kappa shape index (κ1) is 14.5. The first-order chi connectivity index (χ1) is 7.79. The van der Waals surface area contributed by atoms with Gasteiger partial charge in [0.15, 0.2) is 0 Å². The number of sulfone groups is 1. The molecule has 0 heterocycles. The van der Waals surface area contributed by atoms with Crippen LogP contribution in [0.15, 0.2) is 23.1 Å². The summed E-state index contributed by atoms with van der Waals surface area (Å²) in [6.45, 7) is 1.56. The number of halogens is 1. The maximum atomic E-state index is 13.5. The monoisotopic (exact) mass is 278 g/mol. The molecule has 0 radical (unpaired) electrons. The molecule has 0 aromatic heterocycles.